The second-order valence-corrected chi connectivity index (χ2v) is 5.58. The molecular weight excluding hydrogens is 292 g/mol. The fourth-order valence-electron chi connectivity index (χ4n) is 2.35. The summed E-state index contributed by atoms with van der Waals surface area (Å²) >= 11 is 0. The van der Waals surface area contributed by atoms with Crippen molar-refractivity contribution in [2.45, 2.75) is 19.4 Å². The third-order valence-electron chi connectivity index (χ3n) is 3.93. The maximum absolute atomic E-state index is 12.6. The Labute approximate surface area is 136 Å². The zero-order chi connectivity index (χ0) is 17.0. The van der Waals surface area contributed by atoms with Gasteiger partial charge in [0.2, 0.25) is 5.91 Å². The summed E-state index contributed by atoms with van der Waals surface area (Å²) in [5, 5.41) is 2.58. The summed E-state index contributed by atoms with van der Waals surface area (Å²) in [6.07, 6.45) is 3.86. The molecule has 1 N–H and O–H groups in total. The average Bonchev–Trinajstić information content (AvgIpc) is 2.99. The summed E-state index contributed by atoms with van der Waals surface area (Å²) in [6, 6.07) is 7.19. The van der Waals surface area contributed by atoms with Crippen LogP contribution in [0, 0.1) is 0 Å². The minimum Gasteiger partial charge on any atom is -0.359 e. The summed E-state index contributed by atoms with van der Waals surface area (Å²) in [5.74, 6) is 0.608. The number of carbonyl (C=O) groups excluding carboxylic acids is 2. The first-order chi connectivity index (χ1) is 10.9. The molecule has 0 fully saturated rings. The topological polar surface area (TPSA) is 67.2 Å². The van der Waals surface area contributed by atoms with Crippen molar-refractivity contribution in [3.63, 3.8) is 0 Å². The minimum atomic E-state index is -0.181. The largest absolute Gasteiger partial charge is 0.359 e. The van der Waals surface area contributed by atoms with Gasteiger partial charge in [0.15, 0.2) is 0 Å². The molecule has 23 heavy (non-hydrogen) atoms. The molecule has 1 atom stereocenters. The molecule has 0 aliphatic heterocycles. The van der Waals surface area contributed by atoms with Gasteiger partial charge in [0, 0.05) is 57.1 Å². The van der Waals surface area contributed by atoms with Gasteiger partial charge in [-0.25, -0.2) is 4.98 Å². The van der Waals surface area contributed by atoms with Crippen molar-refractivity contribution in [2.24, 2.45) is 7.05 Å². The van der Waals surface area contributed by atoms with Gasteiger partial charge in [-0.15, -0.1) is 0 Å². The van der Waals surface area contributed by atoms with Crippen LogP contribution in [0.1, 0.15) is 23.7 Å². The fraction of sp³-hybridized carbons (Fsp3) is 0.353. The number of rotatable bonds is 5. The Morgan fingerprint density at radius 2 is 2.13 bits per heavy atom. The lowest BCUT2D eigenvalue weighted by Gasteiger charge is -2.24. The third-order valence-corrected chi connectivity index (χ3v) is 3.93. The van der Waals surface area contributed by atoms with Gasteiger partial charge in [0.25, 0.3) is 5.91 Å². The van der Waals surface area contributed by atoms with E-state index in [0.717, 1.165) is 11.4 Å². The summed E-state index contributed by atoms with van der Waals surface area (Å²) in [5.41, 5.74) is 1.47. The Morgan fingerprint density at radius 3 is 2.74 bits per heavy atom. The standard InChI is InChI=1S/C17H22N4O2/c1-12(10-15(22)18-2)21(4)17(23)14-7-5-6-13(11-14)16-19-8-9-20(16)3/h5-9,11-12H,10H2,1-4H3,(H,18,22). The Bertz CT molecular complexity index is 708. The van der Waals surface area contributed by atoms with Crippen LogP contribution in [0.4, 0.5) is 0 Å². The van der Waals surface area contributed by atoms with Crippen LogP contribution in [0.3, 0.4) is 0 Å². The summed E-state index contributed by atoms with van der Waals surface area (Å²) in [7, 11) is 5.21. The highest BCUT2D eigenvalue weighted by Gasteiger charge is 2.20. The SMILES string of the molecule is CNC(=O)CC(C)N(C)C(=O)c1cccc(-c2nccn2C)c1. The predicted octanol–water partition coefficient (Wildman–Crippen LogP) is 1.68. The molecule has 0 bridgehead atoms. The zero-order valence-corrected chi connectivity index (χ0v) is 13.9. The summed E-state index contributed by atoms with van der Waals surface area (Å²) < 4.78 is 1.90. The maximum atomic E-state index is 12.6. The Balaban J connectivity index is 2.20. The highest BCUT2D eigenvalue weighted by Crippen LogP contribution is 2.19. The van der Waals surface area contributed by atoms with Gasteiger partial charge < -0.3 is 14.8 Å². The van der Waals surface area contributed by atoms with Crippen LogP contribution >= 0.6 is 0 Å². The quantitative estimate of drug-likeness (QED) is 0.913. The molecule has 1 heterocycles. The van der Waals surface area contributed by atoms with Crippen LogP contribution < -0.4 is 5.32 Å². The highest BCUT2D eigenvalue weighted by atomic mass is 16.2. The number of nitrogens with one attached hydrogen (secondary N) is 1. The Morgan fingerprint density at radius 1 is 1.39 bits per heavy atom. The number of hydrogen-bond acceptors (Lipinski definition) is 3. The third kappa shape index (κ3) is 3.77. The van der Waals surface area contributed by atoms with E-state index in [0.29, 0.717) is 5.56 Å². The van der Waals surface area contributed by atoms with Gasteiger partial charge in [-0.1, -0.05) is 12.1 Å². The van der Waals surface area contributed by atoms with E-state index in [1.165, 1.54) is 0 Å². The van der Waals surface area contributed by atoms with Crippen LogP contribution in [0.2, 0.25) is 0 Å². The van der Waals surface area contributed by atoms with Crippen molar-refractivity contribution < 1.29 is 9.59 Å². The molecule has 6 heteroatoms. The van der Waals surface area contributed by atoms with E-state index in [4.69, 9.17) is 0 Å². The van der Waals surface area contributed by atoms with Gasteiger partial charge in [-0.3, -0.25) is 9.59 Å². The normalized spacial score (nSPS) is 11.8. The van der Waals surface area contributed by atoms with E-state index < -0.39 is 0 Å². The van der Waals surface area contributed by atoms with Crippen LogP contribution in [-0.4, -0.2) is 46.4 Å². The van der Waals surface area contributed by atoms with E-state index in [2.05, 4.69) is 10.3 Å². The number of imidazole rings is 1. The van der Waals surface area contributed by atoms with Crippen molar-refractivity contribution in [3.8, 4) is 11.4 Å². The van der Waals surface area contributed by atoms with Crippen molar-refractivity contribution in [1.29, 1.82) is 0 Å². The zero-order valence-electron chi connectivity index (χ0n) is 13.9. The fourth-order valence-corrected chi connectivity index (χ4v) is 2.35. The Kier molecular flexibility index (Phi) is 5.16. The van der Waals surface area contributed by atoms with Crippen LogP contribution in [0.25, 0.3) is 11.4 Å². The smallest absolute Gasteiger partial charge is 0.253 e. The van der Waals surface area contributed by atoms with Crippen molar-refractivity contribution in [2.75, 3.05) is 14.1 Å². The number of carbonyl (C=O) groups is 2. The van der Waals surface area contributed by atoms with Crippen molar-refractivity contribution >= 4 is 11.8 Å². The molecule has 6 nitrogen and oxygen atoms in total. The van der Waals surface area contributed by atoms with Gasteiger partial charge >= 0.3 is 0 Å². The van der Waals surface area contributed by atoms with E-state index in [-0.39, 0.29) is 24.3 Å². The van der Waals surface area contributed by atoms with Crippen LogP contribution in [0.5, 0.6) is 0 Å². The number of aryl methyl sites for hydroxylation is 1. The molecule has 1 unspecified atom stereocenters. The molecule has 0 radical (unpaired) electrons. The van der Waals surface area contributed by atoms with Gasteiger partial charge in [0.05, 0.1) is 0 Å². The van der Waals surface area contributed by atoms with Crippen LogP contribution in [0.15, 0.2) is 36.7 Å². The number of nitrogens with zero attached hydrogens (tertiary/aromatic N) is 3. The minimum absolute atomic E-state index is 0.0843. The molecule has 2 aromatic rings. The lowest BCUT2D eigenvalue weighted by atomic mass is 10.1. The first-order valence-corrected chi connectivity index (χ1v) is 7.49. The lowest BCUT2D eigenvalue weighted by Crippen LogP contribution is -2.38. The molecule has 2 amide bonds. The number of benzene rings is 1. The van der Waals surface area contributed by atoms with E-state index >= 15 is 0 Å². The molecule has 0 spiro atoms. The maximum Gasteiger partial charge on any atom is 0.253 e. The number of amides is 2. The molecule has 0 aliphatic rings. The second kappa shape index (κ2) is 7.09. The van der Waals surface area contributed by atoms with Gasteiger partial charge in [-0.2, -0.15) is 0 Å². The van der Waals surface area contributed by atoms with Gasteiger partial charge in [0.1, 0.15) is 5.82 Å². The summed E-state index contributed by atoms with van der Waals surface area (Å²) in [4.78, 5) is 30.0. The average molecular weight is 314 g/mol. The lowest BCUT2D eigenvalue weighted by molar-refractivity contribution is -0.121. The first-order valence-electron chi connectivity index (χ1n) is 7.49. The molecule has 1 aromatic heterocycles. The van der Waals surface area contributed by atoms with Gasteiger partial charge in [-0.05, 0) is 19.1 Å². The highest BCUT2D eigenvalue weighted by molar-refractivity contribution is 5.95. The van der Waals surface area contributed by atoms with Crippen molar-refractivity contribution in [3.05, 3.63) is 42.2 Å². The van der Waals surface area contributed by atoms with E-state index in [1.54, 1.807) is 31.3 Å². The van der Waals surface area contributed by atoms with Crippen molar-refractivity contribution in [1.82, 2.24) is 19.8 Å². The number of aromatic nitrogens is 2. The monoisotopic (exact) mass is 314 g/mol. The molecule has 0 aliphatic carbocycles. The molecule has 122 valence electrons. The molecular formula is C17H22N4O2. The van der Waals surface area contributed by atoms with E-state index in [1.807, 2.05) is 42.9 Å². The Hall–Kier alpha value is -2.63. The molecule has 1 aromatic carbocycles. The van der Waals surface area contributed by atoms with Crippen LogP contribution in [-0.2, 0) is 11.8 Å². The second-order valence-electron chi connectivity index (χ2n) is 5.58. The predicted molar refractivity (Wildman–Crippen MR) is 88.9 cm³/mol. The molecule has 0 saturated heterocycles. The van der Waals surface area contributed by atoms with E-state index in [9.17, 15) is 9.59 Å². The molecule has 2 rings (SSSR count). The molecule has 0 saturated carbocycles. The first kappa shape index (κ1) is 16.7. The number of hydrogen-bond donors (Lipinski definition) is 1. The summed E-state index contributed by atoms with van der Waals surface area (Å²) in [6.45, 7) is 1.86.